The first-order valence-corrected chi connectivity index (χ1v) is 14.0. The van der Waals surface area contributed by atoms with Crippen molar-refractivity contribution in [1.82, 2.24) is 9.97 Å². The number of hydrogen-bond donors (Lipinski definition) is 1. The van der Waals surface area contributed by atoms with E-state index in [0.29, 0.717) is 37.3 Å². The van der Waals surface area contributed by atoms with Gasteiger partial charge in [-0.15, -0.1) is 0 Å². The van der Waals surface area contributed by atoms with E-state index in [4.69, 9.17) is 18.9 Å². The van der Waals surface area contributed by atoms with Crippen LogP contribution in [0.2, 0.25) is 0 Å². The van der Waals surface area contributed by atoms with Crippen molar-refractivity contribution >= 4 is 56.8 Å². The van der Waals surface area contributed by atoms with Gasteiger partial charge in [-0.2, -0.15) is 0 Å². The van der Waals surface area contributed by atoms with Crippen LogP contribution in [0.5, 0.6) is 11.5 Å². The largest absolute Gasteiger partial charge is 0.486 e. The first-order chi connectivity index (χ1) is 17.1. The predicted octanol–water partition coefficient (Wildman–Crippen LogP) is 3.16. The average Bonchev–Trinajstić information content (AvgIpc) is 3.49. The number of hydrogen-bond acceptors (Lipinski definition) is 9. The fourth-order valence-corrected chi connectivity index (χ4v) is 6.39. The lowest BCUT2D eigenvalue weighted by atomic mass is 10.1. The molecule has 6 heterocycles. The average molecular weight is 708 g/mol. The van der Waals surface area contributed by atoms with Crippen molar-refractivity contribution in [1.29, 1.82) is 0 Å². The van der Waals surface area contributed by atoms with Gasteiger partial charge < -0.3 is 33.9 Å². The second-order valence-corrected chi connectivity index (χ2v) is 11.6. The molecule has 35 heavy (non-hydrogen) atoms. The van der Waals surface area contributed by atoms with Crippen LogP contribution < -0.4 is 19.3 Å². The van der Waals surface area contributed by atoms with Crippen molar-refractivity contribution in [3.8, 4) is 11.5 Å². The smallest absolute Gasteiger partial charge is 0.175 e. The Morgan fingerprint density at radius 2 is 1.49 bits per heavy atom. The molecule has 0 aliphatic carbocycles. The van der Waals surface area contributed by atoms with Crippen molar-refractivity contribution in [2.24, 2.45) is 11.8 Å². The summed E-state index contributed by atoms with van der Waals surface area (Å²) in [6, 6.07) is 4.75. The molecular formula is C24H30I2N4O5. The van der Waals surface area contributed by atoms with Crippen LogP contribution in [0.3, 0.4) is 0 Å². The number of ether oxygens (including phenoxy) is 4. The minimum Gasteiger partial charge on any atom is -0.486 e. The topological polar surface area (TPSA) is 89.4 Å². The van der Waals surface area contributed by atoms with Gasteiger partial charge in [0.15, 0.2) is 23.1 Å². The molecule has 0 saturated carbocycles. The molecule has 0 bridgehead atoms. The Balaban J connectivity index is 0.000000147. The van der Waals surface area contributed by atoms with Crippen molar-refractivity contribution in [3.05, 3.63) is 31.7 Å². The Morgan fingerprint density at radius 1 is 0.943 bits per heavy atom. The number of pyridine rings is 2. The summed E-state index contributed by atoms with van der Waals surface area (Å²) in [4.78, 5) is 13.5. The number of nitrogens with zero attached hydrogens (tertiary/aromatic N) is 4. The second-order valence-electron chi connectivity index (χ2n) is 9.29. The molecule has 2 fully saturated rings. The van der Waals surface area contributed by atoms with E-state index in [-0.39, 0.29) is 6.61 Å². The number of fused-ring (bicyclic) bond motifs is 6. The van der Waals surface area contributed by atoms with Crippen molar-refractivity contribution in [2.45, 2.75) is 24.9 Å². The van der Waals surface area contributed by atoms with Crippen LogP contribution in [-0.4, -0.2) is 80.6 Å². The van der Waals surface area contributed by atoms with Crippen LogP contribution in [0.4, 0.5) is 11.6 Å². The highest BCUT2D eigenvalue weighted by Crippen LogP contribution is 2.41. The Labute approximate surface area is 232 Å². The maximum Gasteiger partial charge on any atom is 0.175 e. The van der Waals surface area contributed by atoms with Crippen LogP contribution in [0, 0.1) is 19.0 Å². The monoisotopic (exact) mass is 708 g/mol. The van der Waals surface area contributed by atoms with Gasteiger partial charge in [-0.25, -0.2) is 9.97 Å². The third-order valence-electron chi connectivity index (χ3n) is 6.87. The lowest BCUT2D eigenvalue weighted by molar-refractivity contribution is -0.0414. The number of aliphatic hydroxyl groups excluding tert-OH is 1. The molecule has 4 aliphatic rings. The van der Waals surface area contributed by atoms with Crippen molar-refractivity contribution < 1.29 is 24.1 Å². The quantitative estimate of drug-likeness (QED) is 0.286. The molecule has 0 spiro atoms. The van der Waals surface area contributed by atoms with E-state index in [1.165, 1.54) is 0 Å². The van der Waals surface area contributed by atoms with Gasteiger partial charge in [-0.3, -0.25) is 0 Å². The van der Waals surface area contributed by atoms with Crippen LogP contribution in [0.1, 0.15) is 12.8 Å². The molecule has 0 unspecified atom stereocenters. The summed E-state index contributed by atoms with van der Waals surface area (Å²) in [5.74, 6) is 4.64. The molecule has 0 radical (unpaired) electrons. The van der Waals surface area contributed by atoms with Gasteiger partial charge in [0.2, 0.25) is 0 Å². The van der Waals surface area contributed by atoms with Crippen LogP contribution in [0.25, 0.3) is 0 Å². The predicted molar refractivity (Wildman–Crippen MR) is 148 cm³/mol. The van der Waals surface area contributed by atoms with Crippen LogP contribution >= 0.6 is 45.2 Å². The summed E-state index contributed by atoms with van der Waals surface area (Å²) in [7, 11) is 1.65. The van der Waals surface area contributed by atoms with Gasteiger partial charge in [-0.05, 0) is 70.2 Å². The summed E-state index contributed by atoms with van der Waals surface area (Å²) >= 11 is 4.57. The van der Waals surface area contributed by atoms with Gasteiger partial charge in [-0.1, -0.05) is 0 Å². The maximum absolute atomic E-state index is 9.23. The number of rotatable bonds is 5. The van der Waals surface area contributed by atoms with Gasteiger partial charge in [0, 0.05) is 51.0 Å². The summed E-state index contributed by atoms with van der Waals surface area (Å²) in [6.07, 6.45) is 5.76. The van der Waals surface area contributed by atoms with Crippen LogP contribution in [-0.2, 0) is 9.47 Å². The maximum atomic E-state index is 9.23. The highest BCUT2D eigenvalue weighted by molar-refractivity contribution is 14.1. The minimum atomic E-state index is 0.256. The zero-order valence-electron chi connectivity index (χ0n) is 19.6. The molecule has 6 rings (SSSR count). The number of anilines is 2. The van der Waals surface area contributed by atoms with Crippen LogP contribution in [0.15, 0.2) is 24.5 Å². The first kappa shape index (κ1) is 25.5. The van der Waals surface area contributed by atoms with E-state index >= 15 is 0 Å². The molecule has 9 nitrogen and oxygen atoms in total. The number of methoxy groups -OCH3 is 1. The lowest BCUT2D eigenvalue weighted by Gasteiger charge is -2.32. The van der Waals surface area contributed by atoms with E-state index in [1.54, 1.807) is 7.11 Å². The van der Waals surface area contributed by atoms with Crippen molar-refractivity contribution in [3.63, 3.8) is 0 Å². The summed E-state index contributed by atoms with van der Waals surface area (Å²) in [5.41, 5.74) is 0. The highest BCUT2D eigenvalue weighted by atomic mass is 127. The molecule has 2 saturated heterocycles. The number of aromatic nitrogens is 2. The summed E-state index contributed by atoms with van der Waals surface area (Å²) in [6.45, 7) is 4.69. The van der Waals surface area contributed by atoms with Gasteiger partial charge in [0.05, 0.1) is 25.8 Å². The standard InChI is InChI=1S/C13H17IN2O3.C11H13IN2O2/c1-17-8-18-6-9-4-10-7-19-12-11(14)2-3-15-13(12)16(10)5-9;12-9-1-2-13-11-10(9)16-6-8-3-7(5-15)4-14(8)11/h2-3,9-10H,4-8H2,1H3;1-2,7-8,15H,3-6H2/t9-,10-;7-,8-/m00/s1. The number of aliphatic hydroxyl groups is 1. The first-order valence-electron chi connectivity index (χ1n) is 11.8. The Morgan fingerprint density at radius 3 is 2.03 bits per heavy atom. The Hall–Kier alpha value is -1.16. The molecule has 4 aliphatic heterocycles. The fourth-order valence-electron chi connectivity index (χ4n) is 5.28. The zero-order valence-corrected chi connectivity index (χ0v) is 23.9. The SMILES string of the molecule is COCOC[C@H]1C[C@H]2COc3c(I)ccnc3N2C1.OC[C@H]1C[C@H]2COc3c(I)ccnc3N2C1. The Bertz CT molecular complexity index is 1030. The molecule has 0 aromatic carbocycles. The number of halogens is 2. The van der Waals surface area contributed by atoms with E-state index < -0.39 is 0 Å². The van der Waals surface area contributed by atoms with E-state index in [9.17, 15) is 5.11 Å². The highest BCUT2D eigenvalue weighted by Gasteiger charge is 2.39. The van der Waals surface area contributed by atoms with Gasteiger partial charge >= 0.3 is 0 Å². The molecule has 4 atom stereocenters. The molecule has 190 valence electrons. The molecule has 2 aromatic heterocycles. The molecule has 0 amide bonds. The van der Waals surface area contributed by atoms with E-state index in [2.05, 4.69) is 64.9 Å². The summed E-state index contributed by atoms with van der Waals surface area (Å²) < 4.78 is 24.3. The molecule has 1 N–H and O–H groups in total. The van der Waals surface area contributed by atoms with Gasteiger partial charge in [0.1, 0.15) is 20.0 Å². The van der Waals surface area contributed by atoms with Crippen molar-refractivity contribution in [2.75, 3.05) is 63.2 Å². The second kappa shape index (κ2) is 11.5. The third-order valence-corrected chi connectivity index (χ3v) is 8.57. The minimum absolute atomic E-state index is 0.256. The molecular weight excluding hydrogens is 678 g/mol. The van der Waals surface area contributed by atoms with E-state index in [0.717, 1.165) is 69.4 Å². The normalized spacial score (nSPS) is 25.9. The zero-order chi connectivity index (χ0) is 24.4. The van der Waals surface area contributed by atoms with E-state index in [1.807, 2.05) is 24.5 Å². The third kappa shape index (κ3) is 5.43. The summed E-state index contributed by atoms with van der Waals surface area (Å²) in [5, 5.41) is 9.23. The fraction of sp³-hybridized carbons (Fsp3) is 0.583. The molecule has 2 aromatic rings. The van der Waals surface area contributed by atoms with Gasteiger partial charge in [0.25, 0.3) is 0 Å². The molecule has 11 heteroatoms. The Kier molecular flexibility index (Phi) is 8.36. The lowest BCUT2D eigenvalue weighted by Crippen LogP contribution is -2.39.